The summed E-state index contributed by atoms with van der Waals surface area (Å²) >= 11 is 8.38. The summed E-state index contributed by atoms with van der Waals surface area (Å²) in [5, 5.41) is 10.2. The van der Waals surface area contributed by atoms with Crippen molar-refractivity contribution in [1.29, 1.82) is 0 Å². The second-order valence-electron chi connectivity index (χ2n) is 5.83. The quantitative estimate of drug-likeness (QED) is 0.393. The SMILES string of the molecule is Cn1nnn(-c2cccc(Br)c2COc2nc(-c3ccc(Br)cc3)cs2)c1=O. The first kappa shape index (κ1) is 19.0. The van der Waals surface area contributed by atoms with Gasteiger partial charge in [-0.05, 0) is 34.7 Å². The highest BCUT2D eigenvalue weighted by Crippen LogP contribution is 2.29. The van der Waals surface area contributed by atoms with Gasteiger partial charge in [0.2, 0.25) is 0 Å². The fraction of sp³-hybridized carbons (Fsp3) is 0.111. The molecule has 0 saturated heterocycles. The topological polar surface area (TPSA) is 74.8 Å². The molecule has 2 aromatic heterocycles. The molecule has 0 radical (unpaired) electrons. The Morgan fingerprint density at radius 3 is 2.61 bits per heavy atom. The van der Waals surface area contributed by atoms with Crippen LogP contribution in [0.1, 0.15) is 5.56 Å². The summed E-state index contributed by atoms with van der Waals surface area (Å²) < 4.78 is 10.2. The van der Waals surface area contributed by atoms with E-state index in [9.17, 15) is 4.79 Å². The fourth-order valence-corrected chi connectivity index (χ4v) is 3.98. The fourth-order valence-electron chi connectivity index (χ4n) is 2.56. The summed E-state index contributed by atoms with van der Waals surface area (Å²) in [6, 6.07) is 13.5. The van der Waals surface area contributed by atoms with Crippen molar-refractivity contribution in [2.45, 2.75) is 6.61 Å². The molecule has 142 valence electrons. The second-order valence-corrected chi connectivity index (χ2v) is 8.42. The summed E-state index contributed by atoms with van der Waals surface area (Å²) in [5.74, 6) is 0. The van der Waals surface area contributed by atoms with Crippen LogP contribution < -0.4 is 10.4 Å². The summed E-state index contributed by atoms with van der Waals surface area (Å²) in [6.07, 6.45) is 0. The number of rotatable bonds is 5. The van der Waals surface area contributed by atoms with E-state index in [0.717, 1.165) is 25.8 Å². The third kappa shape index (κ3) is 3.80. The first-order valence-electron chi connectivity index (χ1n) is 8.14. The summed E-state index contributed by atoms with van der Waals surface area (Å²) in [4.78, 5) is 16.8. The zero-order valence-corrected chi connectivity index (χ0v) is 18.5. The Labute approximate surface area is 180 Å². The number of benzene rings is 2. The molecule has 0 aliphatic carbocycles. The van der Waals surface area contributed by atoms with Gasteiger partial charge in [-0.1, -0.05) is 61.4 Å². The third-order valence-electron chi connectivity index (χ3n) is 4.01. The average Bonchev–Trinajstić information content (AvgIpc) is 3.29. The smallest absolute Gasteiger partial charge is 0.368 e. The highest BCUT2D eigenvalue weighted by Gasteiger charge is 2.15. The van der Waals surface area contributed by atoms with E-state index in [4.69, 9.17) is 4.74 Å². The van der Waals surface area contributed by atoms with Crippen LogP contribution in [0.4, 0.5) is 0 Å². The Bertz CT molecular complexity index is 1180. The standard InChI is InChI=1S/C18H13Br2N5O2S/c1-24-18(26)25(23-22-24)16-4-2-3-14(20)13(16)9-27-17-21-15(10-28-17)11-5-7-12(19)8-6-11/h2-8,10H,9H2,1H3. The van der Waals surface area contributed by atoms with E-state index >= 15 is 0 Å². The first-order chi connectivity index (χ1) is 13.5. The number of nitrogens with zero attached hydrogens (tertiary/aromatic N) is 5. The molecule has 2 aromatic carbocycles. The van der Waals surface area contributed by atoms with E-state index in [1.807, 2.05) is 41.8 Å². The number of aryl methyl sites for hydroxylation is 1. The van der Waals surface area contributed by atoms with Crippen molar-refractivity contribution in [2.75, 3.05) is 0 Å². The molecule has 0 aliphatic heterocycles. The van der Waals surface area contributed by atoms with Gasteiger partial charge < -0.3 is 4.74 Å². The average molecular weight is 523 g/mol. The Balaban J connectivity index is 1.58. The molecule has 0 aliphatic rings. The molecule has 0 fully saturated rings. The molecule has 0 amide bonds. The largest absolute Gasteiger partial charge is 0.465 e. The normalized spacial score (nSPS) is 11.0. The Hall–Kier alpha value is -2.30. The molecule has 4 rings (SSSR count). The number of halogens is 2. The lowest BCUT2D eigenvalue weighted by Gasteiger charge is -2.10. The van der Waals surface area contributed by atoms with Crippen LogP contribution in [0.2, 0.25) is 0 Å². The zero-order valence-electron chi connectivity index (χ0n) is 14.5. The number of aromatic nitrogens is 5. The predicted molar refractivity (Wildman–Crippen MR) is 114 cm³/mol. The van der Waals surface area contributed by atoms with Crippen LogP contribution in [-0.2, 0) is 13.7 Å². The van der Waals surface area contributed by atoms with Gasteiger partial charge in [0.1, 0.15) is 6.61 Å². The third-order valence-corrected chi connectivity index (χ3v) is 6.03. The molecule has 7 nitrogen and oxygen atoms in total. The molecule has 0 N–H and O–H groups in total. The molecular formula is C18H13Br2N5O2S. The van der Waals surface area contributed by atoms with Gasteiger partial charge in [0.05, 0.1) is 11.4 Å². The van der Waals surface area contributed by atoms with Crippen LogP contribution in [0.3, 0.4) is 0 Å². The molecule has 4 aromatic rings. The van der Waals surface area contributed by atoms with Crippen LogP contribution >= 0.6 is 43.2 Å². The van der Waals surface area contributed by atoms with Crippen molar-refractivity contribution >= 4 is 43.2 Å². The minimum atomic E-state index is -0.328. The molecular weight excluding hydrogens is 510 g/mol. The van der Waals surface area contributed by atoms with Gasteiger partial charge in [-0.25, -0.2) is 9.78 Å². The maximum absolute atomic E-state index is 12.2. The molecule has 0 unspecified atom stereocenters. The molecule has 10 heteroatoms. The Morgan fingerprint density at radius 2 is 1.89 bits per heavy atom. The van der Waals surface area contributed by atoms with Gasteiger partial charge in [0.25, 0.3) is 5.19 Å². The van der Waals surface area contributed by atoms with Gasteiger partial charge in [-0.15, -0.1) is 0 Å². The molecule has 0 spiro atoms. The summed E-state index contributed by atoms with van der Waals surface area (Å²) in [5.41, 5.74) is 2.93. The monoisotopic (exact) mass is 521 g/mol. The van der Waals surface area contributed by atoms with E-state index < -0.39 is 0 Å². The zero-order chi connectivity index (χ0) is 19.7. The molecule has 2 heterocycles. The van der Waals surface area contributed by atoms with Gasteiger partial charge in [-0.2, -0.15) is 9.36 Å². The van der Waals surface area contributed by atoms with Crippen LogP contribution in [0, 0.1) is 0 Å². The highest BCUT2D eigenvalue weighted by atomic mass is 79.9. The van der Waals surface area contributed by atoms with Crippen LogP contribution in [0.5, 0.6) is 5.19 Å². The number of ether oxygens (including phenoxy) is 1. The van der Waals surface area contributed by atoms with Crippen molar-refractivity contribution in [2.24, 2.45) is 7.05 Å². The number of thiazole rings is 1. The molecule has 28 heavy (non-hydrogen) atoms. The van der Waals surface area contributed by atoms with Crippen LogP contribution in [0.25, 0.3) is 16.9 Å². The molecule has 0 atom stereocenters. The summed E-state index contributed by atoms with van der Waals surface area (Å²) in [6.45, 7) is 0.229. The van der Waals surface area contributed by atoms with Crippen molar-refractivity contribution < 1.29 is 4.74 Å². The van der Waals surface area contributed by atoms with Gasteiger partial charge in [0.15, 0.2) is 0 Å². The van der Waals surface area contributed by atoms with Crippen molar-refractivity contribution in [3.63, 3.8) is 0 Å². The lowest BCUT2D eigenvalue weighted by atomic mass is 10.2. The molecule has 0 saturated carbocycles. The number of hydrogen-bond donors (Lipinski definition) is 0. The van der Waals surface area contributed by atoms with Crippen LogP contribution in [-0.4, -0.2) is 24.8 Å². The minimum Gasteiger partial charge on any atom is -0.465 e. The van der Waals surface area contributed by atoms with Crippen molar-refractivity contribution in [3.05, 3.63) is 72.8 Å². The van der Waals surface area contributed by atoms with Crippen LogP contribution in [0.15, 0.2) is 61.6 Å². The maximum Gasteiger partial charge on any atom is 0.368 e. The maximum atomic E-state index is 12.2. The van der Waals surface area contributed by atoms with E-state index in [2.05, 4.69) is 47.3 Å². The number of hydrogen-bond acceptors (Lipinski definition) is 6. The predicted octanol–water partition coefficient (Wildman–Crippen LogP) is 4.19. The van der Waals surface area contributed by atoms with Gasteiger partial charge >= 0.3 is 5.69 Å². The van der Waals surface area contributed by atoms with E-state index in [-0.39, 0.29) is 12.3 Å². The van der Waals surface area contributed by atoms with E-state index in [0.29, 0.717) is 10.9 Å². The lowest BCUT2D eigenvalue weighted by Crippen LogP contribution is -2.23. The first-order valence-corrected chi connectivity index (χ1v) is 10.6. The minimum absolute atomic E-state index is 0.229. The summed E-state index contributed by atoms with van der Waals surface area (Å²) in [7, 11) is 1.55. The molecule has 0 bridgehead atoms. The highest BCUT2D eigenvalue weighted by molar-refractivity contribution is 9.10. The number of tetrazole rings is 1. The van der Waals surface area contributed by atoms with Crippen molar-refractivity contribution in [3.8, 4) is 22.1 Å². The second kappa shape index (κ2) is 7.98. The van der Waals surface area contributed by atoms with E-state index in [1.54, 1.807) is 13.1 Å². The van der Waals surface area contributed by atoms with E-state index in [1.165, 1.54) is 20.7 Å². The Kier molecular flexibility index (Phi) is 5.42. The Morgan fingerprint density at radius 1 is 1.11 bits per heavy atom. The lowest BCUT2D eigenvalue weighted by molar-refractivity contribution is 0.303. The van der Waals surface area contributed by atoms with Crippen molar-refractivity contribution in [1.82, 2.24) is 24.8 Å². The van der Waals surface area contributed by atoms with Gasteiger partial charge in [0, 0.05) is 32.5 Å². The van der Waals surface area contributed by atoms with Gasteiger partial charge in [-0.3, -0.25) is 0 Å².